The first-order valence-corrected chi connectivity index (χ1v) is 5.54. The molecule has 0 aromatic carbocycles. The summed E-state index contributed by atoms with van der Waals surface area (Å²) in [6.07, 6.45) is 6.58. The van der Waals surface area contributed by atoms with Gasteiger partial charge in [-0.1, -0.05) is 13.0 Å². The maximum absolute atomic E-state index is 11.6. The molecular formula is C13H16O3. The summed E-state index contributed by atoms with van der Waals surface area (Å²) in [5.74, 6) is 0.354. The van der Waals surface area contributed by atoms with E-state index in [1.165, 1.54) is 0 Å². The van der Waals surface area contributed by atoms with E-state index >= 15 is 0 Å². The Bertz CT molecular complexity index is 390. The van der Waals surface area contributed by atoms with Crippen LogP contribution in [0.2, 0.25) is 0 Å². The third-order valence-electron chi connectivity index (χ3n) is 3.18. The number of hydrogen-bond donors (Lipinski definition) is 1. The average Bonchev–Trinajstić information content (AvgIpc) is 2.26. The van der Waals surface area contributed by atoms with Gasteiger partial charge in [0.1, 0.15) is 5.76 Å². The summed E-state index contributed by atoms with van der Waals surface area (Å²) >= 11 is 0. The van der Waals surface area contributed by atoms with Crippen molar-refractivity contribution in [3.8, 4) is 0 Å². The summed E-state index contributed by atoms with van der Waals surface area (Å²) in [5, 5.41) is 9.97. The molecule has 0 aromatic rings. The molecule has 1 heterocycles. The summed E-state index contributed by atoms with van der Waals surface area (Å²) in [6.45, 7) is 4.11. The van der Waals surface area contributed by atoms with E-state index in [2.05, 4.69) is 0 Å². The molecule has 1 aliphatic heterocycles. The minimum absolute atomic E-state index is 0.00303. The maximum atomic E-state index is 11.6. The van der Waals surface area contributed by atoms with Gasteiger partial charge in [0.2, 0.25) is 0 Å². The highest BCUT2D eigenvalue weighted by Crippen LogP contribution is 2.33. The standard InChI is InChI=1S/C13H16O3/c1-3-4-10-5-9-6-12(14)8(2)13(15)11(9)7-16-10/h3-6,8,11,13,15H,7H2,1-2H3/t8-,11+,13+/m1/s1. The van der Waals surface area contributed by atoms with E-state index in [1.807, 2.05) is 25.2 Å². The van der Waals surface area contributed by atoms with Crippen LogP contribution >= 0.6 is 0 Å². The monoisotopic (exact) mass is 220 g/mol. The molecule has 0 spiro atoms. The first-order valence-electron chi connectivity index (χ1n) is 5.54. The minimum atomic E-state index is -0.629. The van der Waals surface area contributed by atoms with Crippen molar-refractivity contribution in [2.75, 3.05) is 6.61 Å². The molecule has 3 nitrogen and oxygen atoms in total. The van der Waals surface area contributed by atoms with E-state index in [9.17, 15) is 9.90 Å². The SMILES string of the molecule is CC=CC1=CC2=CC(=O)[C@@H](C)[C@H](O)[C@H]2CO1. The van der Waals surface area contributed by atoms with Crippen LogP contribution < -0.4 is 0 Å². The Balaban J connectivity index is 2.33. The Morgan fingerprint density at radius 2 is 2.25 bits per heavy atom. The Morgan fingerprint density at radius 3 is 2.94 bits per heavy atom. The van der Waals surface area contributed by atoms with Crippen molar-refractivity contribution in [1.29, 1.82) is 0 Å². The Morgan fingerprint density at radius 1 is 1.50 bits per heavy atom. The topological polar surface area (TPSA) is 46.5 Å². The average molecular weight is 220 g/mol. The molecule has 86 valence electrons. The van der Waals surface area contributed by atoms with Crippen LogP contribution in [0, 0.1) is 11.8 Å². The van der Waals surface area contributed by atoms with Gasteiger partial charge < -0.3 is 9.84 Å². The van der Waals surface area contributed by atoms with Crippen LogP contribution in [0.25, 0.3) is 0 Å². The summed E-state index contributed by atoms with van der Waals surface area (Å²) in [4.78, 5) is 11.6. The lowest BCUT2D eigenvalue weighted by molar-refractivity contribution is -0.123. The summed E-state index contributed by atoms with van der Waals surface area (Å²) in [7, 11) is 0. The fourth-order valence-corrected chi connectivity index (χ4v) is 2.11. The van der Waals surface area contributed by atoms with Gasteiger partial charge in [-0.25, -0.2) is 0 Å². The number of aliphatic hydroxyl groups is 1. The van der Waals surface area contributed by atoms with Crippen LogP contribution in [0.1, 0.15) is 13.8 Å². The molecule has 2 aliphatic rings. The second-order valence-corrected chi connectivity index (χ2v) is 4.29. The third kappa shape index (κ3) is 1.83. The van der Waals surface area contributed by atoms with Crippen molar-refractivity contribution >= 4 is 5.78 Å². The highest BCUT2D eigenvalue weighted by molar-refractivity contribution is 5.94. The molecule has 0 fully saturated rings. The molecule has 0 radical (unpaired) electrons. The number of aliphatic hydroxyl groups excluding tert-OH is 1. The number of rotatable bonds is 1. The second kappa shape index (κ2) is 4.26. The molecular weight excluding hydrogens is 204 g/mol. The van der Waals surface area contributed by atoms with Crippen molar-refractivity contribution in [3.05, 3.63) is 35.6 Å². The zero-order valence-electron chi connectivity index (χ0n) is 9.51. The molecule has 0 bridgehead atoms. The van der Waals surface area contributed by atoms with Crippen LogP contribution in [-0.2, 0) is 9.53 Å². The first-order chi connectivity index (χ1) is 7.63. The summed E-state index contributed by atoms with van der Waals surface area (Å²) in [5.41, 5.74) is 0.884. The molecule has 0 saturated carbocycles. The molecule has 0 amide bonds. The number of fused-ring (bicyclic) bond motifs is 1. The van der Waals surface area contributed by atoms with Gasteiger partial charge in [-0.3, -0.25) is 4.79 Å². The van der Waals surface area contributed by atoms with E-state index in [1.54, 1.807) is 13.0 Å². The molecule has 3 heteroatoms. The molecule has 0 unspecified atom stereocenters. The zero-order chi connectivity index (χ0) is 11.7. The van der Waals surface area contributed by atoms with E-state index in [-0.39, 0.29) is 17.6 Å². The van der Waals surface area contributed by atoms with Gasteiger partial charge in [-0.15, -0.1) is 0 Å². The fraction of sp³-hybridized carbons (Fsp3) is 0.462. The van der Waals surface area contributed by atoms with Gasteiger partial charge >= 0.3 is 0 Å². The van der Waals surface area contributed by atoms with Gasteiger partial charge in [-0.05, 0) is 30.7 Å². The highest BCUT2D eigenvalue weighted by Gasteiger charge is 2.37. The molecule has 16 heavy (non-hydrogen) atoms. The quantitative estimate of drug-likeness (QED) is 0.730. The van der Waals surface area contributed by atoms with E-state index in [0.717, 1.165) is 11.3 Å². The number of ether oxygens (including phenoxy) is 1. The van der Waals surface area contributed by atoms with E-state index in [0.29, 0.717) is 6.61 Å². The molecule has 1 N–H and O–H groups in total. The highest BCUT2D eigenvalue weighted by atomic mass is 16.5. The lowest BCUT2D eigenvalue weighted by Crippen LogP contribution is -2.40. The lowest BCUT2D eigenvalue weighted by Gasteiger charge is -2.34. The fourth-order valence-electron chi connectivity index (χ4n) is 2.11. The Kier molecular flexibility index (Phi) is 2.97. The number of allylic oxidation sites excluding steroid dienone is 4. The van der Waals surface area contributed by atoms with Crippen LogP contribution in [0.3, 0.4) is 0 Å². The van der Waals surface area contributed by atoms with Crippen molar-refractivity contribution in [2.45, 2.75) is 20.0 Å². The summed E-state index contributed by atoms with van der Waals surface area (Å²) in [6, 6.07) is 0. The predicted octanol–water partition coefficient (Wildman–Crippen LogP) is 1.60. The second-order valence-electron chi connectivity index (χ2n) is 4.29. The largest absolute Gasteiger partial charge is 0.493 e. The van der Waals surface area contributed by atoms with Crippen molar-refractivity contribution in [1.82, 2.24) is 0 Å². The van der Waals surface area contributed by atoms with Crippen LogP contribution in [-0.4, -0.2) is 23.6 Å². The van der Waals surface area contributed by atoms with Gasteiger partial charge in [0.15, 0.2) is 5.78 Å². The molecule has 1 aliphatic carbocycles. The van der Waals surface area contributed by atoms with Crippen molar-refractivity contribution < 1.29 is 14.6 Å². The zero-order valence-corrected chi connectivity index (χ0v) is 9.51. The van der Waals surface area contributed by atoms with Crippen molar-refractivity contribution in [3.63, 3.8) is 0 Å². The van der Waals surface area contributed by atoms with Crippen LogP contribution in [0.15, 0.2) is 35.6 Å². The van der Waals surface area contributed by atoms with Gasteiger partial charge in [0.25, 0.3) is 0 Å². The number of carbonyl (C=O) groups is 1. The van der Waals surface area contributed by atoms with E-state index in [4.69, 9.17) is 4.74 Å². The number of hydrogen-bond acceptors (Lipinski definition) is 3. The Hall–Kier alpha value is -1.35. The van der Waals surface area contributed by atoms with Gasteiger partial charge in [0, 0.05) is 11.8 Å². The number of carbonyl (C=O) groups excluding carboxylic acids is 1. The van der Waals surface area contributed by atoms with Gasteiger partial charge in [-0.2, -0.15) is 0 Å². The maximum Gasteiger partial charge on any atom is 0.161 e. The molecule has 3 atom stereocenters. The normalized spacial score (nSPS) is 34.2. The Labute approximate surface area is 95.1 Å². The van der Waals surface area contributed by atoms with Gasteiger partial charge in [0.05, 0.1) is 12.7 Å². The van der Waals surface area contributed by atoms with Crippen molar-refractivity contribution in [2.24, 2.45) is 11.8 Å². The van der Waals surface area contributed by atoms with Crippen LogP contribution in [0.5, 0.6) is 0 Å². The van der Waals surface area contributed by atoms with Crippen LogP contribution in [0.4, 0.5) is 0 Å². The third-order valence-corrected chi connectivity index (χ3v) is 3.18. The number of ketones is 1. The molecule has 2 rings (SSSR count). The van der Waals surface area contributed by atoms with E-state index < -0.39 is 6.10 Å². The molecule has 0 saturated heterocycles. The summed E-state index contributed by atoms with van der Waals surface area (Å²) < 4.78 is 5.50. The molecule has 0 aromatic heterocycles. The predicted molar refractivity (Wildman–Crippen MR) is 60.6 cm³/mol. The lowest BCUT2D eigenvalue weighted by atomic mass is 9.78. The first kappa shape index (κ1) is 11.1. The smallest absolute Gasteiger partial charge is 0.161 e. The minimum Gasteiger partial charge on any atom is -0.493 e.